The number of aryl methyl sites for hydroxylation is 1. The number of nitrogens with one attached hydrogen (secondary N) is 1. The Balaban J connectivity index is 1.69. The molecule has 37 heavy (non-hydrogen) atoms. The maximum Gasteiger partial charge on any atom is 0.322 e. The van der Waals surface area contributed by atoms with E-state index in [1.54, 1.807) is 13.0 Å². The topological polar surface area (TPSA) is 115 Å². The van der Waals surface area contributed by atoms with Crippen molar-refractivity contribution < 1.29 is 24.2 Å². The number of benzene rings is 1. The molecule has 9 nitrogen and oxygen atoms in total. The largest absolute Gasteiger partial charge is 0.480 e. The van der Waals surface area contributed by atoms with E-state index in [1.807, 2.05) is 41.9 Å². The quantitative estimate of drug-likeness (QED) is 0.190. The van der Waals surface area contributed by atoms with Gasteiger partial charge in [0.15, 0.2) is 5.78 Å². The SMILES string of the molecule is [C-]#[N+]c1cnc2c(c1)c(C(=O)C[C@H](C)CC(=O)NCC(=O)O)c(CCCCOCc1ccccc1)n2C. The lowest BCUT2D eigenvalue weighted by Gasteiger charge is -2.12. The van der Waals surface area contributed by atoms with E-state index in [-0.39, 0.29) is 24.5 Å². The van der Waals surface area contributed by atoms with Crippen LogP contribution in [-0.2, 0) is 34.4 Å². The molecule has 0 unspecified atom stereocenters. The van der Waals surface area contributed by atoms with E-state index >= 15 is 0 Å². The van der Waals surface area contributed by atoms with Crippen molar-refractivity contribution in [3.05, 3.63) is 70.8 Å². The molecule has 0 saturated carbocycles. The number of amides is 1. The lowest BCUT2D eigenvalue weighted by Crippen LogP contribution is -2.30. The van der Waals surface area contributed by atoms with Gasteiger partial charge in [-0.15, -0.1) is 0 Å². The average Bonchev–Trinajstić information content (AvgIpc) is 3.16. The highest BCUT2D eigenvalue weighted by Gasteiger charge is 2.24. The third-order valence-electron chi connectivity index (χ3n) is 6.11. The zero-order chi connectivity index (χ0) is 26.8. The number of fused-ring (bicyclic) bond motifs is 1. The summed E-state index contributed by atoms with van der Waals surface area (Å²) < 4.78 is 7.69. The van der Waals surface area contributed by atoms with Crippen molar-refractivity contribution in [1.82, 2.24) is 14.9 Å². The lowest BCUT2D eigenvalue weighted by atomic mass is 9.94. The van der Waals surface area contributed by atoms with Crippen LogP contribution in [0.1, 0.15) is 54.2 Å². The van der Waals surface area contributed by atoms with Gasteiger partial charge in [0.05, 0.1) is 13.2 Å². The molecule has 3 aromatic rings. The van der Waals surface area contributed by atoms with Gasteiger partial charge in [0.2, 0.25) is 11.6 Å². The summed E-state index contributed by atoms with van der Waals surface area (Å²) in [5.74, 6) is -1.93. The number of ether oxygens (including phenoxy) is 1. The number of Topliss-reactive ketones (excluding diaryl/α,β-unsaturated/α-hetero) is 1. The Bertz CT molecular complexity index is 1290. The molecule has 0 aliphatic rings. The van der Waals surface area contributed by atoms with Crippen LogP contribution in [0.2, 0.25) is 0 Å². The van der Waals surface area contributed by atoms with Crippen molar-refractivity contribution in [1.29, 1.82) is 0 Å². The van der Waals surface area contributed by atoms with E-state index in [9.17, 15) is 14.4 Å². The first-order valence-corrected chi connectivity index (χ1v) is 12.3. The summed E-state index contributed by atoms with van der Waals surface area (Å²) in [6, 6.07) is 11.7. The number of carboxylic acids is 1. The standard InChI is InChI=1S/C28H32N4O5/c1-19(14-25(34)30-17-26(35)36)13-24(33)27-22-15-21(29-2)16-31-28(22)32(3)23(27)11-7-8-12-37-18-20-9-5-4-6-10-20/h4-6,9-10,15-16,19H,7-8,11-14,17-18H2,1,3H3,(H,30,34)(H,35,36)/t19-/m0/s1. The summed E-state index contributed by atoms with van der Waals surface area (Å²) in [6.45, 7) is 9.84. The van der Waals surface area contributed by atoms with Crippen LogP contribution in [-0.4, -0.2) is 45.5 Å². The molecular weight excluding hydrogens is 472 g/mol. The van der Waals surface area contributed by atoms with Crippen LogP contribution in [0.25, 0.3) is 15.9 Å². The van der Waals surface area contributed by atoms with E-state index in [0.29, 0.717) is 41.9 Å². The van der Waals surface area contributed by atoms with Gasteiger partial charge in [-0.25, -0.2) is 9.83 Å². The Labute approximate surface area is 216 Å². The zero-order valence-corrected chi connectivity index (χ0v) is 21.2. The van der Waals surface area contributed by atoms with Crippen molar-refractivity contribution in [3.8, 4) is 0 Å². The summed E-state index contributed by atoms with van der Waals surface area (Å²) >= 11 is 0. The lowest BCUT2D eigenvalue weighted by molar-refractivity contribution is -0.138. The van der Waals surface area contributed by atoms with Crippen LogP contribution >= 0.6 is 0 Å². The molecule has 1 amide bonds. The number of carbonyl (C=O) groups excluding carboxylic acids is 2. The molecule has 0 saturated heterocycles. The van der Waals surface area contributed by atoms with Crippen molar-refractivity contribution in [2.24, 2.45) is 13.0 Å². The monoisotopic (exact) mass is 504 g/mol. The molecule has 2 heterocycles. The van der Waals surface area contributed by atoms with Gasteiger partial charge in [-0.2, -0.15) is 0 Å². The van der Waals surface area contributed by atoms with Crippen molar-refractivity contribution in [2.45, 2.75) is 45.6 Å². The molecule has 0 fully saturated rings. The minimum absolute atomic E-state index is 0.0451. The second kappa shape index (κ2) is 13.3. The molecule has 0 aliphatic heterocycles. The van der Waals surface area contributed by atoms with Gasteiger partial charge in [-0.3, -0.25) is 14.4 Å². The molecule has 1 atom stereocenters. The van der Waals surface area contributed by atoms with Gasteiger partial charge in [0, 0.05) is 49.3 Å². The van der Waals surface area contributed by atoms with Gasteiger partial charge in [-0.05, 0) is 36.8 Å². The molecular formula is C28H32N4O5. The first kappa shape index (κ1) is 27.6. The molecule has 2 aromatic heterocycles. The van der Waals surface area contributed by atoms with Crippen molar-refractivity contribution in [3.63, 3.8) is 0 Å². The van der Waals surface area contributed by atoms with Gasteiger partial charge < -0.3 is 19.7 Å². The van der Waals surface area contributed by atoms with Gasteiger partial charge in [0.25, 0.3) is 0 Å². The molecule has 194 valence electrons. The third-order valence-corrected chi connectivity index (χ3v) is 6.11. The van der Waals surface area contributed by atoms with Crippen LogP contribution in [0, 0.1) is 12.5 Å². The Hall–Kier alpha value is -4.03. The highest BCUT2D eigenvalue weighted by Crippen LogP contribution is 2.30. The molecule has 0 spiro atoms. The van der Waals surface area contributed by atoms with Crippen LogP contribution in [0.15, 0.2) is 42.6 Å². The Morgan fingerprint density at radius 3 is 2.65 bits per heavy atom. The number of pyridine rings is 1. The molecule has 0 bridgehead atoms. The number of nitrogens with zero attached hydrogens (tertiary/aromatic N) is 3. The molecule has 0 aliphatic carbocycles. The highest BCUT2D eigenvalue weighted by molar-refractivity contribution is 6.09. The number of unbranched alkanes of at least 4 members (excludes halogenated alkanes) is 1. The van der Waals surface area contributed by atoms with Crippen molar-refractivity contribution >= 4 is 34.4 Å². The van der Waals surface area contributed by atoms with Crippen LogP contribution in [0.5, 0.6) is 0 Å². The summed E-state index contributed by atoms with van der Waals surface area (Å²) in [5.41, 5.74) is 3.50. The number of rotatable bonds is 14. The van der Waals surface area contributed by atoms with Crippen LogP contribution in [0.4, 0.5) is 5.69 Å². The average molecular weight is 505 g/mol. The summed E-state index contributed by atoms with van der Waals surface area (Å²) in [6.07, 6.45) is 3.94. The Morgan fingerprint density at radius 1 is 1.19 bits per heavy atom. The minimum atomic E-state index is -1.12. The second-order valence-electron chi connectivity index (χ2n) is 9.16. The Kier molecular flexibility index (Phi) is 9.92. The maximum absolute atomic E-state index is 13.5. The summed E-state index contributed by atoms with van der Waals surface area (Å²) in [7, 11) is 1.87. The summed E-state index contributed by atoms with van der Waals surface area (Å²) in [4.78, 5) is 44.1. The fourth-order valence-corrected chi connectivity index (χ4v) is 4.33. The number of carboxylic acid groups (broad SMARTS) is 1. The number of aliphatic carboxylic acids is 1. The first-order valence-electron chi connectivity index (χ1n) is 12.3. The van der Waals surface area contributed by atoms with Crippen LogP contribution in [0.3, 0.4) is 0 Å². The maximum atomic E-state index is 13.5. The number of hydrogen-bond acceptors (Lipinski definition) is 5. The highest BCUT2D eigenvalue weighted by atomic mass is 16.5. The van der Waals surface area contributed by atoms with Crippen molar-refractivity contribution in [2.75, 3.05) is 13.2 Å². The van der Waals surface area contributed by atoms with E-state index < -0.39 is 18.4 Å². The van der Waals surface area contributed by atoms with E-state index in [2.05, 4.69) is 15.1 Å². The molecule has 1 aromatic carbocycles. The first-order chi connectivity index (χ1) is 17.8. The Morgan fingerprint density at radius 2 is 1.95 bits per heavy atom. The predicted octanol–water partition coefficient (Wildman–Crippen LogP) is 4.46. The molecule has 3 rings (SSSR count). The predicted molar refractivity (Wildman–Crippen MR) is 139 cm³/mol. The number of carbonyl (C=O) groups is 3. The van der Waals surface area contributed by atoms with Gasteiger partial charge >= 0.3 is 5.97 Å². The molecule has 0 radical (unpaired) electrons. The number of hydrogen-bond donors (Lipinski definition) is 2. The van der Waals surface area contributed by atoms with E-state index in [1.165, 1.54) is 6.20 Å². The van der Waals surface area contributed by atoms with Crippen LogP contribution < -0.4 is 5.32 Å². The van der Waals surface area contributed by atoms with Gasteiger partial charge in [-0.1, -0.05) is 37.3 Å². The minimum Gasteiger partial charge on any atom is -0.480 e. The fraction of sp³-hybridized carbons (Fsp3) is 0.393. The third kappa shape index (κ3) is 7.72. The number of ketones is 1. The molecule has 9 heteroatoms. The fourth-order valence-electron chi connectivity index (χ4n) is 4.33. The normalized spacial score (nSPS) is 11.7. The van der Waals surface area contributed by atoms with Gasteiger partial charge in [0.1, 0.15) is 12.2 Å². The second-order valence-corrected chi connectivity index (χ2v) is 9.16. The van der Waals surface area contributed by atoms with E-state index in [4.69, 9.17) is 16.4 Å². The summed E-state index contributed by atoms with van der Waals surface area (Å²) in [5, 5.41) is 11.7. The zero-order valence-electron chi connectivity index (χ0n) is 21.2. The molecule has 2 N–H and O–H groups in total. The van der Waals surface area contributed by atoms with E-state index in [0.717, 1.165) is 24.1 Å². The number of aromatic nitrogens is 2. The smallest absolute Gasteiger partial charge is 0.322 e.